The maximum atomic E-state index is 5.66. The molecule has 0 aliphatic heterocycles. The third-order valence-corrected chi connectivity index (χ3v) is 2.10. The molecule has 2 nitrogen and oxygen atoms in total. The molecule has 0 heterocycles. The second-order valence-electron chi connectivity index (χ2n) is 2.21. The smallest absolute Gasteiger partial charge is 0.141 e. The van der Waals surface area contributed by atoms with Crippen molar-refractivity contribution in [2.75, 3.05) is 12.8 Å². The summed E-state index contributed by atoms with van der Waals surface area (Å²) in [5.41, 5.74) is 7.50. The second-order valence-corrected chi connectivity index (χ2v) is 2.77. The van der Waals surface area contributed by atoms with Crippen molar-refractivity contribution < 1.29 is 4.74 Å². The molecular weight excluding hydrogens is 206 g/mol. The van der Waals surface area contributed by atoms with Gasteiger partial charge in [-0.05, 0) is 17.7 Å². The summed E-state index contributed by atoms with van der Waals surface area (Å²) in [5.74, 6) is 0.731. The van der Waals surface area contributed by atoms with E-state index in [-0.39, 0.29) is 0 Å². The molecule has 0 spiro atoms. The predicted molar refractivity (Wildman–Crippen MR) is 50.0 cm³/mol. The number of methoxy groups -OCH3 is 1. The summed E-state index contributed by atoms with van der Waals surface area (Å²) in [6, 6.07) is 5.74. The molecule has 0 aliphatic rings. The first-order valence-electron chi connectivity index (χ1n) is 3.26. The number of hydrogen-bond donors (Lipinski definition) is 1. The Balaban J connectivity index is 2.99. The number of alkyl halides is 1. The SMILES string of the molecule is COc1ccc(CBr)cc1N. The molecule has 11 heavy (non-hydrogen) atoms. The highest BCUT2D eigenvalue weighted by Crippen LogP contribution is 2.22. The molecule has 0 bridgehead atoms. The van der Waals surface area contributed by atoms with E-state index in [1.807, 2.05) is 18.2 Å². The Morgan fingerprint density at radius 3 is 2.73 bits per heavy atom. The molecule has 0 aromatic heterocycles. The second kappa shape index (κ2) is 3.62. The summed E-state index contributed by atoms with van der Waals surface area (Å²) in [5, 5.41) is 0.821. The minimum Gasteiger partial charge on any atom is -0.495 e. The first kappa shape index (κ1) is 8.40. The summed E-state index contributed by atoms with van der Waals surface area (Å²) < 4.78 is 5.00. The van der Waals surface area contributed by atoms with Crippen LogP contribution in [0.2, 0.25) is 0 Å². The maximum Gasteiger partial charge on any atom is 0.141 e. The van der Waals surface area contributed by atoms with Gasteiger partial charge in [0.25, 0.3) is 0 Å². The van der Waals surface area contributed by atoms with Crippen LogP contribution in [0.1, 0.15) is 5.56 Å². The van der Waals surface area contributed by atoms with Gasteiger partial charge >= 0.3 is 0 Å². The fraction of sp³-hybridized carbons (Fsp3) is 0.250. The topological polar surface area (TPSA) is 35.2 Å². The highest BCUT2D eigenvalue weighted by molar-refractivity contribution is 9.08. The van der Waals surface area contributed by atoms with Crippen LogP contribution in [0, 0.1) is 0 Å². The van der Waals surface area contributed by atoms with Crippen LogP contribution in [0.25, 0.3) is 0 Å². The van der Waals surface area contributed by atoms with E-state index in [1.54, 1.807) is 7.11 Å². The fourth-order valence-electron chi connectivity index (χ4n) is 0.867. The molecular formula is C8H10BrNO. The Bertz CT molecular complexity index is 250. The van der Waals surface area contributed by atoms with Gasteiger partial charge in [-0.2, -0.15) is 0 Å². The maximum absolute atomic E-state index is 5.66. The number of ether oxygens (including phenoxy) is 1. The summed E-state index contributed by atoms with van der Waals surface area (Å²) >= 11 is 3.34. The largest absolute Gasteiger partial charge is 0.495 e. The number of nitrogen functional groups attached to an aromatic ring is 1. The van der Waals surface area contributed by atoms with Crippen molar-refractivity contribution in [2.24, 2.45) is 0 Å². The molecule has 3 heteroatoms. The summed E-state index contributed by atoms with van der Waals surface area (Å²) in [7, 11) is 1.61. The van der Waals surface area contributed by atoms with Crippen molar-refractivity contribution in [3.05, 3.63) is 23.8 Å². The normalized spacial score (nSPS) is 9.64. The molecule has 0 atom stereocenters. The summed E-state index contributed by atoms with van der Waals surface area (Å²) in [4.78, 5) is 0. The van der Waals surface area contributed by atoms with Crippen LogP contribution in [0.15, 0.2) is 18.2 Å². The van der Waals surface area contributed by atoms with E-state index in [2.05, 4.69) is 15.9 Å². The zero-order valence-corrected chi connectivity index (χ0v) is 7.89. The number of nitrogens with two attached hydrogens (primary N) is 1. The van der Waals surface area contributed by atoms with Gasteiger partial charge in [-0.15, -0.1) is 0 Å². The van der Waals surface area contributed by atoms with Gasteiger partial charge in [0.05, 0.1) is 12.8 Å². The molecule has 1 aromatic carbocycles. The van der Waals surface area contributed by atoms with E-state index < -0.39 is 0 Å². The molecule has 1 aromatic rings. The third kappa shape index (κ3) is 1.87. The number of hydrogen-bond acceptors (Lipinski definition) is 2. The predicted octanol–water partition coefficient (Wildman–Crippen LogP) is 2.17. The quantitative estimate of drug-likeness (QED) is 0.607. The number of benzene rings is 1. The Morgan fingerprint density at radius 1 is 1.55 bits per heavy atom. The van der Waals surface area contributed by atoms with Gasteiger partial charge in [0, 0.05) is 5.33 Å². The summed E-state index contributed by atoms with van der Waals surface area (Å²) in [6.45, 7) is 0. The van der Waals surface area contributed by atoms with Crippen LogP contribution in [0.5, 0.6) is 5.75 Å². The monoisotopic (exact) mass is 215 g/mol. The molecule has 0 saturated heterocycles. The Hall–Kier alpha value is -0.700. The van der Waals surface area contributed by atoms with Crippen molar-refractivity contribution in [3.8, 4) is 5.75 Å². The lowest BCUT2D eigenvalue weighted by Gasteiger charge is -2.04. The Labute approximate surface area is 74.5 Å². The van der Waals surface area contributed by atoms with Crippen LogP contribution in [0.4, 0.5) is 5.69 Å². The van der Waals surface area contributed by atoms with Gasteiger partial charge in [0.1, 0.15) is 5.75 Å². The lowest BCUT2D eigenvalue weighted by Crippen LogP contribution is -1.92. The highest BCUT2D eigenvalue weighted by atomic mass is 79.9. The zero-order valence-electron chi connectivity index (χ0n) is 6.30. The Kier molecular flexibility index (Phi) is 2.76. The van der Waals surface area contributed by atoms with Crippen LogP contribution in [-0.4, -0.2) is 7.11 Å². The third-order valence-electron chi connectivity index (χ3n) is 1.45. The van der Waals surface area contributed by atoms with Crippen molar-refractivity contribution >= 4 is 21.6 Å². The van der Waals surface area contributed by atoms with E-state index in [0.717, 1.165) is 16.6 Å². The zero-order chi connectivity index (χ0) is 8.27. The van der Waals surface area contributed by atoms with Gasteiger partial charge in [-0.1, -0.05) is 22.0 Å². The molecule has 1 rings (SSSR count). The van der Waals surface area contributed by atoms with Crippen LogP contribution >= 0.6 is 15.9 Å². The van der Waals surface area contributed by atoms with E-state index in [9.17, 15) is 0 Å². The van der Waals surface area contributed by atoms with E-state index >= 15 is 0 Å². The molecule has 0 aliphatic carbocycles. The minimum atomic E-state index is 0.685. The van der Waals surface area contributed by atoms with E-state index in [0.29, 0.717) is 5.69 Å². The van der Waals surface area contributed by atoms with Crippen LogP contribution in [-0.2, 0) is 5.33 Å². The first-order valence-corrected chi connectivity index (χ1v) is 4.38. The number of rotatable bonds is 2. The van der Waals surface area contributed by atoms with Crippen LogP contribution in [0.3, 0.4) is 0 Å². The number of halogens is 1. The Morgan fingerprint density at radius 2 is 2.27 bits per heavy atom. The van der Waals surface area contributed by atoms with Gasteiger partial charge < -0.3 is 10.5 Å². The average Bonchev–Trinajstić information content (AvgIpc) is 2.04. The first-order chi connectivity index (χ1) is 5.27. The van der Waals surface area contributed by atoms with Gasteiger partial charge in [-0.3, -0.25) is 0 Å². The molecule has 0 radical (unpaired) electrons. The van der Waals surface area contributed by atoms with Gasteiger partial charge in [0.2, 0.25) is 0 Å². The van der Waals surface area contributed by atoms with Crippen molar-refractivity contribution in [1.29, 1.82) is 0 Å². The molecule has 0 unspecified atom stereocenters. The lowest BCUT2D eigenvalue weighted by molar-refractivity contribution is 0.417. The van der Waals surface area contributed by atoms with Crippen molar-refractivity contribution in [2.45, 2.75) is 5.33 Å². The van der Waals surface area contributed by atoms with E-state index in [1.165, 1.54) is 0 Å². The minimum absolute atomic E-state index is 0.685. The molecule has 0 saturated carbocycles. The molecule has 60 valence electrons. The molecule has 0 fully saturated rings. The summed E-state index contributed by atoms with van der Waals surface area (Å²) in [6.07, 6.45) is 0. The van der Waals surface area contributed by atoms with Gasteiger partial charge in [0.15, 0.2) is 0 Å². The lowest BCUT2D eigenvalue weighted by atomic mass is 10.2. The molecule has 0 amide bonds. The van der Waals surface area contributed by atoms with Crippen molar-refractivity contribution in [3.63, 3.8) is 0 Å². The molecule has 2 N–H and O–H groups in total. The van der Waals surface area contributed by atoms with Gasteiger partial charge in [-0.25, -0.2) is 0 Å². The fourth-order valence-corrected chi connectivity index (χ4v) is 1.22. The van der Waals surface area contributed by atoms with Crippen molar-refractivity contribution in [1.82, 2.24) is 0 Å². The average molecular weight is 216 g/mol. The standard InChI is InChI=1S/C8H10BrNO/c1-11-8-3-2-6(5-9)4-7(8)10/h2-4H,5,10H2,1H3. The van der Waals surface area contributed by atoms with Crippen LogP contribution < -0.4 is 10.5 Å². The number of anilines is 1. The highest BCUT2D eigenvalue weighted by Gasteiger charge is 1.98. The van der Waals surface area contributed by atoms with E-state index in [4.69, 9.17) is 10.5 Å².